The van der Waals surface area contributed by atoms with Crippen molar-refractivity contribution in [2.45, 2.75) is 38.6 Å². The van der Waals surface area contributed by atoms with E-state index in [-0.39, 0.29) is 11.8 Å². The molecule has 1 saturated carbocycles. The molecule has 0 saturated heterocycles. The molecule has 1 aromatic heterocycles. The van der Waals surface area contributed by atoms with Crippen molar-refractivity contribution in [2.24, 2.45) is 5.92 Å². The fourth-order valence-corrected chi connectivity index (χ4v) is 2.36. The SMILES string of the molecule is CC(NCC1CCCC1)c1ccc(C(=O)O)o1. The number of carboxylic acid groups (broad SMARTS) is 1. The van der Waals surface area contributed by atoms with Gasteiger partial charge in [0.2, 0.25) is 5.76 Å². The molecule has 17 heavy (non-hydrogen) atoms. The molecule has 0 bridgehead atoms. The lowest BCUT2D eigenvalue weighted by molar-refractivity contribution is 0.0659. The number of hydrogen-bond donors (Lipinski definition) is 2. The van der Waals surface area contributed by atoms with E-state index >= 15 is 0 Å². The van der Waals surface area contributed by atoms with Gasteiger partial charge in [-0.05, 0) is 44.4 Å². The van der Waals surface area contributed by atoms with Crippen molar-refractivity contribution in [3.05, 3.63) is 23.7 Å². The van der Waals surface area contributed by atoms with Crippen LogP contribution >= 0.6 is 0 Å². The van der Waals surface area contributed by atoms with Crippen LogP contribution in [0.3, 0.4) is 0 Å². The van der Waals surface area contributed by atoms with Gasteiger partial charge < -0.3 is 14.8 Å². The minimum atomic E-state index is -1.01. The fourth-order valence-electron chi connectivity index (χ4n) is 2.36. The second-order valence-corrected chi connectivity index (χ2v) is 4.79. The number of hydrogen-bond acceptors (Lipinski definition) is 3. The van der Waals surface area contributed by atoms with Gasteiger partial charge in [-0.25, -0.2) is 4.79 Å². The van der Waals surface area contributed by atoms with Crippen molar-refractivity contribution in [3.8, 4) is 0 Å². The minimum Gasteiger partial charge on any atom is -0.475 e. The molecule has 2 N–H and O–H groups in total. The zero-order valence-electron chi connectivity index (χ0n) is 10.1. The summed E-state index contributed by atoms with van der Waals surface area (Å²) >= 11 is 0. The average Bonchev–Trinajstić information content (AvgIpc) is 2.96. The molecule has 1 aliphatic carbocycles. The second-order valence-electron chi connectivity index (χ2n) is 4.79. The van der Waals surface area contributed by atoms with Crippen LogP contribution in [0.2, 0.25) is 0 Å². The van der Waals surface area contributed by atoms with Gasteiger partial charge in [-0.15, -0.1) is 0 Å². The van der Waals surface area contributed by atoms with E-state index in [0.717, 1.165) is 12.5 Å². The van der Waals surface area contributed by atoms with E-state index < -0.39 is 5.97 Å². The highest BCUT2D eigenvalue weighted by molar-refractivity contribution is 5.84. The summed E-state index contributed by atoms with van der Waals surface area (Å²) in [5, 5.41) is 12.2. The predicted molar refractivity (Wildman–Crippen MR) is 64.0 cm³/mol. The normalized spacial score (nSPS) is 18.4. The third-order valence-electron chi connectivity index (χ3n) is 3.45. The number of carboxylic acids is 1. The number of furan rings is 1. The van der Waals surface area contributed by atoms with E-state index in [9.17, 15) is 4.79 Å². The van der Waals surface area contributed by atoms with Crippen LogP contribution in [0.5, 0.6) is 0 Å². The minimum absolute atomic E-state index is 0.00881. The first-order chi connectivity index (χ1) is 8.16. The van der Waals surface area contributed by atoms with Crippen LogP contribution in [-0.4, -0.2) is 17.6 Å². The molecule has 0 amide bonds. The van der Waals surface area contributed by atoms with Gasteiger partial charge in [0.25, 0.3) is 0 Å². The fraction of sp³-hybridized carbons (Fsp3) is 0.615. The highest BCUT2D eigenvalue weighted by Crippen LogP contribution is 2.25. The lowest BCUT2D eigenvalue weighted by Crippen LogP contribution is -2.24. The summed E-state index contributed by atoms with van der Waals surface area (Å²) in [6.07, 6.45) is 5.28. The van der Waals surface area contributed by atoms with E-state index in [1.807, 2.05) is 6.92 Å². The predicted octanol–water partition coefficient (Wildman–Crippen LogP) is 2.82. The van der Waals surface area contributed by atoms with Gasteiger partial charge in [0.05, 0.1) is 6.04 Å². The number of carbonyl (C=O) groups is 1. The second kappa shape index (κ2) is 5.36. The molecule has 4 heteroatoms. The Hall–Kier alpha value is -1.29. The molecule has 94 valence electrons. The Morgan fingerprint density at radius 2 is 2.24 bits per heavy atom. The van der Waals surface area contributed by atoms with E-state index in [2.05, 4.69) is 5.32 Å². The molecule has 4 nitrogen and oxygen atoms in total. The number of rotatable bonds is 5. The maximum atomic E-state index is 10.7. The molecule has 1 fully saturated rings. The summed E-state index contributed by atoms with van der Waals surface area (Å²) < 4.78 is 5.26. The van der Waals surface area contributed by atoms with Gasteiger partial charge in [-0.1, -0.05) is 12.8 Å². The standard InChI is InChI=1S/C13H19NO3/c1-9(14-8-10-4-2-3-5-10)11-6-7-12(17-11)13(15)16/h6-7,9-10,14H,2-5,8H2,1H3,(H,15,16). The Kier molecular flexibility index (Phi) is 3.84. The third kappa shape index (κ3) is 3.09. The van der Waals surface area contributed by atoms with Crippen molar-refractivity contribution in [1.82, 2.24) is 5.32 Å². The molecule has 1 aromatic rings. The maximum Gasteiger partial charge on any atom is 0.371 e. The van der Waals surface area contributed by atoms with Crippen LogP contribution in [0.4, 0.5) is 0 Å². The van der Waals surface area contributed by atoms with Crippen LogP contribution in [0.15, 0.2) is 16.5 Å². The first-order valence-electron chi connectivity index (χ1n) is 6.23. The van der Waals surface area contributed by atoms with Crippen molar-refractivity contribution in [2.75, 3.05) is 6.54 Å². The summed E-state index contributed by atoms with van der Waals surface area (Å²) in [7, 11) is 0. The van der Waals surface area contributed by atoms with Gasteiger partial charge in [0, 0.05) is 0 Å². The van der Waals surface area contributed by atoms with Crippen LogP contribution < -0.4 is 5.32 Å². The Bertz CT molecular complexity index is 380. The molecule has 2 rings (SSSR count). The number of nitrogens with one attached hydrogen (secondary N) is 1. The van der Waals surface area contributed by atoms with Gasteiger partial charge in [-0.2, -0.15) is 0 Å². The van der Waals surface area contributed by atoms with Crippen molar-refractivity contribution >= 4 is 5.97 Å². The molecule has 0 aliphatic heterocycles. The zero-order chi connectivity index (χ0) is 12.3. The molecule has 0 aromatic carbocycles. The molecular formula is C13H19NO3. The van der Waals surface area contributed by atoms with Crippen molar-refractivity contribution in [1.29, 1.82) is 0 Å². The Balaban J connectivity index is 1.85. The van der Waals surface area contributed by atoms with Crippen LogP contribution in [0, 0.1) is 5.92 Å². The van der Waals surface area contributed by atoms with Crippen LogP contribution in [0.25, 0.3) is 0 Å². The van der Waals surface area contributed by atoms with E-state index in [1.54, 1.807) is 6.07 Å². The van der Waals surface area contributed by atoms with Gasteiger partial charge in [0.1, 0.15) is 5.76 Å². The van der Waals surface area contributed by atoms with E-state index in [1.165, 1.54) is 31.7 Å². The summed E-state index contributed by atoms with van der Waals surface area (Å²) in [6.45, 7) is 2.99. The Morgan fingerprint density at radius 1 is 1.53 bits per heavy atom. The van der Waals surface area contributed by atoms with Crippen molar-refractivity contribution in [3.63, 3.8) is 0 Å². The first kappa shape index (κ1) is 12.2. The maximum absolute atomic E-state index is 10.7. The summed E-state index contributed by atoms with van der Waals surface area (Å²) in [5.74, 6) is 0.459. The quantitative estimate of drug-likeness (QED) is 0.826. The molecule has 0 radical (unpaired) electrons. The highest BCUT2D eigenvalue weighted by Gasteiger charge is 2.18. The van der Waals surface area contributed by atoms with Gasteiger partial charge >= 0.3 is 5.97 Å². The van der Waals surface area contributed by atoms with Gasteiger partial charge in [-0.3, -0.25) is 0 Å². The third-order valence-corrected chi connectivity index (χ3v) is 3.45. The summed E-state index contributed by atoms with van der Waals surface area (Å²) in [6, 6.07) is 3.31. The molecule has 1 atom stereocenters. The van der Waals surface area contributed by atoms with E-state index in [4.69, 9.17) is 9.52 Å². The van der Waals surface area contributed by atoms with Crippen LogP contribution in [0.1, 0.15) is 55.0 Å². The zero-order valence-corrected chi connectivity index (χ0v) is 10.1. The molecule has 0 spiro atoms. The van der Waals surface area contributed by atoms with Crippen LogP contribution in [-0.2, 0) is 0 Å². The summed E-state index contributed by atoms with van der Waals surface area (Å²) in [5.41, 5.74) is 0. The van der Waals surface area contributed by atoms with Gasteiger partial charge in [0.15, 0.2) is 0 Å². The smallest absolute Gasteiger partial charge is 0.371 e. The summed E-state index contributed by atoms with van der Waals surface area (Å²) in [4.78, 5) is 10.7. The average molecular weight is 237 g/mol. The molecule has 1 unspecified atom stereocenters. The molecular weight excluding hydrogens is 218 g/mol. The van der Waals surface area contributed by atoms with E-state index in [0.29, 0.717) is 5.76 Å². The first-order valence-corrected chi connectivity index (χ1v) is 6.23. The van der Waals surface area contributed by atoms with Crippen molar-refractivity contribution < 1.29 is 14.3 Å². The molecule has 1 aliphatic rings. The molecule has 1 heterocycles. The monoisotopic (exact) mass is 237 g/mol. The lowest BCUT2D eigenvalue weighted by Gasteiger charge is -2.15. The Morgan fingerprint density at radius 3 is 2.82 bits per heavy atom. The number of aromatic carboxylic acids is 1. The topological polar surface area (TPSA) is 62.5 Å². The lowest BCUT2D eigenvalue weighted by atomic mass is 10.1. The largest absolute Gasteiger partial charge is 0.475 e. The Labute approximate surface area is 101 Å². The highest BCUT2D eigenvalue weighted by atomic mass is 16.4.